The molecule has 1 aliphatic carbocycles. The topological polar surface area (TPSA) is 55.6 Å². The SMILES string of the molecule is CC1=CCC=C(F)C=C1.CCC(N)C(=O)C1(C)CO1. The zero-order chi connectivity index (χ0) is 14.5. The van der Waals surface area contributed by atoms with E-state index in [2.05, 4.69) is 0 Å². The Kier molecular flexibility index (Phi) is 5.63. The van der Waals surface area contributed by atoms with Crippen molar-refractivity contribution in [3.8, 4) is 0 Å². The molecule has 0 aromatic rings. The number of ketones is 1. The molecule has 0 spiro atoms. The van der Waals surface area contributed by atoms with Gasteiger partial charge < -0.3 is 10.5 Å². The molecule has 2 aliphatic rings. The molecule has 1 aliphatic heterocycles. The summed E-state index contributed by atoms with van der Waals surface area (Å²) in [4.78, 5) is 11.2. The van der Waals surface area contributed by atoms with Gasteiger partial charge in [-0.05, 0) is 38.8 Å². The fraction of sp³-hybridized carbons (Fsp3) is 0.533. The molecule has 0 bridgehead atoms. The van der Waals surface area contributed by atoms with E-state index in [0.717, 1.165) is 5.57 Å². The van der Waals surface area contributed by atoms with Crippen molar-refractivity contribution in [1.82, 2.24) is 0 Å². The van der Waals surface area contributed by atoms with Crippen LogP contribution in [0, 0.1) is 0 Å². The molecular formula is C15H22FNO2. The van der Waals surface area contributed by atoms with Gasteiger partial charge in [0.05, 0.1) is 12.6 Å². The first-order valence-electron chi connectivity index (χ1n) is 6.53. The van der Waals surface area contributed by atoms with Gasteiger partial charge in [-0.1, -0.05) is 24.6 Å². The third-order valence-corrected chi connectivity index (χ3v) is 3.13. The van der Waals surface area contributed by atoms with Crippen molar-refractivity contribution in [3.63, 3.8) is 0 Å². The average Bonchev–Trinajstić information content (AvgIpc) is 3.16. The number of hydrogen-bond acceptors (Lipinski definition) is 3. The molecule has 0 aromatic heterocycles. The summed E-state index contributed by atoms with van der Waals surface area (Å²) in [7, 11) is 0. The van der Waals surface area contributed by atoms with E-state index in [1.54, 1.807) is 19.1 Å². The summed E-state index contributed by atoms with van der Waals surface area (Å²) in [5.74, 6) is -0.0990. The number of carbonyl (C=O) groups is 1. The maximum Gasteiger partial charge on any atom is 0.183 e. The Labute approximate surface area is 114 Å². The molecule has 2 rings (SSSR count). The van der Waals surface area contributed by atoms with Crippen LogP contribution < -0.4 is 5.73 Å². The van der Waals surface area contributed by atoms with E-state index in [4.69, 9.17) is 10.5 Å². The number of epoxide rings is 1. The van der Waals surface area contributed by atoms with Gasteiger partial charge in [-0.2, -0.15) is 0 Å². The van der Waals surface area contributed by atoms with Crippen molar-refractivity contribution in [3.05, 3.63) is 35.7 Å². The van der Waals surface area contributed by atoms with Crippen LogP contribution in [0.5, 0.6) is 0 Å². The smallest absolute Gasteiger partial charge is 0.183 e. The van der Waals surface area contributed by atoms with E-state index >= 15 is 0 Å². The van der Waals surface area contributed by atoms with Crippen LogP contribution >= 0.6 is 0 Å². The molecule has 1 heterocycles. The summed E-state index contributed by atoms with van der Waals surface area (Å²) in [5.41, 5.74) is 6.10. The van der Waals surface area contributed by atoms with Crippen LogP contribution in [0.1, 0.15) is 33.6 Å². The van der Waals surface area contributed by atoms with E-state index in [0.29, 0.717) is 19.4 Å². The average molecular weight is 267 g/mol. The molecule has 106 valence electrons. The number of nitrogens with two attached hydrogens (primary N) is 1. The predicted molar refractivity (Wildman–Crippen MR) is 74.3 cm³/mol. The quantitative estimate of drug-likeness (QED) is 0.800. The van der Waals surface area contributed by atoms with Crippen molar-refractivity contribution >= 4 is 5.78 Å². The van der Waals surface area contributed by atoms with Crippen LogP contribution in [-0.4, -0.2) is 24.0 Å². The number of rotatable bonds is 3. The summed E-state index contributed by atoms with van der Waals surface area (Å²) >= 11 is 0. The molecular weight excluding hydrogens is 245 g/mol. The van der Waals surface area contributed by atoms with Crippen LogP contribution in [0.2, 0.25) is 0 Å². The van der Waals surface area contributed by atoms with Crippen LogP contribution in [0.3, 0.4) is 0 Å². The molecule has 2 atom stereocenters. The molecule has 0 aromatic carbocycles. The largest absolute Gasteiger partial charge is 0.362 e. The zero-order valence-electron chi connectivity index (χ0n) is 11.8. The molecule has 0 radical (unpaired) electrons. The highest BCUT2D eigenvalue weighted by Gasteiger charge is 2.48. The Morgan fingerprint density at radius 1 is 1.53 bits per heavy atom. The Morgan fingerprint density at radius 2 is 2.16 bits per heavy atom. The highest BCUT2D eigenvalue weighted by atomic mass is 19.1. The Balaban J connectivity index is 0.000000191. The minimum absolute atomic E-state index is 0.0370. The van der Waals surface area contributed by atoms with Gasteiger partial charge in [0.1, 0.15) is 11.4 Å². The Bertz CT molecular complexity index is 400. The lowest BCUT2D eigenvalue weighted by molar-refractivity contribution is -0.124. The van der Waals surface area contributed by atoms with Crippen LogP contribution in [-0.2, 0) is 9.53 Å². The summed E-state index contributed by atoms with van der Waals surface area (Å²) in [5, 5.41) is 0. The van der Waals surface area contributed by atoms with Crippen molar-refractivity contribution in [2.45, 2.75) is 45.3 Å². The maximum absolute atomic E-state index is 12.4. The highest BCUT2D eigenvalue weighted by molar-refractivity contribution is 5.93. The first-order chi connectivity index (χ1) is 8.89. The van der Waals surface area contributed by atoms with Crippen LogP contribution in [0.15, 0.2) is 35.7 Å². The van der Waals surface area contributed by atoms with Crippen molar-refractivity contribution in [2.75, 3.05) is 6.61 Å². The van der Waals surface area contributed by atoms with E-state index in [9.17, 15) is 9.18 Å². The molecule has 0 amide bonds. The fourth-order valence-electron chi connectivity index (χ4n) is 1.53. The Hall–Kier alpha value is -1.26. The summed E-state index contributed by atoms with van der Waals surface area (Å²) in [6.07, 6.45) is 8.22. The summed E-state index contributed by atoms with van der Waals surface area (Å²) < 4.78 is 17.3. The van der Waals surface area contributed by atoms with Gasteiger partial charge in [0, 0.05) is 0 Å². The molecule has 1 saturated heterocycles. The van der Waals surface area contributed by atoms with E-state index in [1.165, 1.54) is 6.08 Å². The van der Waals surface area contributed by atoms with Gasteiger partial charge >= 0.3 is 0 Å². The Morgan fingerprint density at radius 3 is 2.68 bits per heavy atom. The first-order valence-corrected chi connectivity index (χ1v) is 6.53. The number of hydrogen-bond donors (Lipinski definition) is 1. The second kappa shape index (κ2) is 6.78. The monoisotopic (exact) mass is 267 g/mol. The third-order valence-electron chi connectivity index (χ3n) is 3.13. The molecule has 0 saturated carbocycles. The van der Waals surface area contributed by atoms with E-state index in [1.807, 2.05) is 19.9 Å². The van der Waals surface area contributed by atoms with Gasteiger partial charge in [0.2, 0.25) is 0 Å². The van der Waals surface area contributed by atoms with Gasteiger partial charge in [0.25, 0.3) is 0 Å². The zero-order valence-corrected chi connectivity index (χ0v) is 11.8. The molecule has 2 N–H and O–H groups in total. The van der Waals surface area contributed by atoms with Gasteiger partial charge in [-0.15, -0.1) is 0 Å². The highest BCUT2D eigenvalue weighted by Crippen LogP contribution is 2.28. The second-order valence-electron chi connectivity index (χ2n) is 5.00. The first kappa shape index (κ1) is 15.8. The molecule has 19 heavy (non-hydrogen) atoms. The number of carbonyl (C=O) groups excluding carboxylic acids is 1. The minimum atomic E-state index is -0.532. The number of ether oxygens (including phenoxy) is 1. The molecule has 4 heteroatoms. The second-order valence-corrected chi connectivity index (χ2v) is 5.00. The lowest BCUT2D eigenvalue weighted by Gasteiger charge is -2.09. The van der Waals surface area contributed by atoms with Gasteiger partial charge in [-0.25, -0.2) is 4.39 Å². The number of allylic oxidation sites excluding steroid dienone is 6. The lowest BCUT2D eigenvalue weighted by Crippen LogP contribution is -2.38. The number of Topliss-reactive ketones (excluding diaryl/α,β-unsaturated/α-hetero) is 1. The van der Waals surface area contributed by atoms with Crippen molar-refractivity contribution < 1.29 is 13.9 Å². The molecule has 3 nitrogen and oxygen atoms in total. The van der Waals surface area contributed by atoms with Gasteiger partial charge in [-0.3, -0.25) is 4.79 Å². The third kappa shape index (κ3) is 5.09. The number of halogens is 1. The van der Waals surface area contributed by atoms with Crippen LogP contribution in [0.4, 0.5) is 4.39 Å². The standard InChI is InChI=1S/C8H9F.C7H13NO2/c1-7-3-2-4-8(9)6-5-7;1-3-5(8)6(9)7(2)4-10-7/h3-6H,2H2,1H3;5H,3-4,8H2,1-2H3. The van der Waals surface area contributed by atoms with Gasteiger partial charge in [0.15, 0.2) is 5.78 Å². The normalized spacial score (nSPS) is 26.4. The molecule has 2 unspecified atom stereocenters. The lowest BCUT2D eigenvalue weighted by atomic mass is 10.00. The summed E-state index contributed by atoms with van der Waals surface area (Å²) in [6.45, 7) is 6.18. The van der Waals surface area contributed by atoms with Crippen molar-refractivity contribution in [2.24, 2.45) is 5.73 Å². The van der Waals surface area contributed by atoms with Crippen LogP contribution in [0.25, 0.3) is 0 Å². The summed E-state index contributed by atoms with van der Waals surface area (Å²) in [6, 6.07) is -0.340. The fourth-order valence-corrected chi connectivity index (χ4v) is 1.53. The predicted octanol–water partition coefficient (Wildman–Crippen LogP) is 2.83. The maximum atomic E-state index is 12.4. The molecule has 1 fully saturated rings. The minimum Gasteiger partial charge on any atom is -0.362 e. The van der Waals surface area contributed by atoms with E-state index < -0.39 is 5.60 Å². The van der Waals surface area contributed by atoms with Crippen molar-refractivity contribution in [1.29, 1.82) is 0 Å². The van der Waals surface area contributed by atoms with E-state index in [-0.39, 0.29) is 17.7 Å².